The molecule has 5 rings (SSSR count). The highest BCUT2D eigenvalue weighted by Crippen LogP contribution is 2.35. The third kappa shape index (κ3) is 7.10. The Labute approximate surface area is 256 Å². The molecule has 10 nitrogen and oxygen atoms in total. The topological polar surface area (TPSA) is 136 Å². The number of aryl methyl sites for hydroxylation is 1. The van der Waals surface area contributed by atoms with Gasteiger partial charge in [0, 0.05) is 12.8 Å². The van der Waals surface area contributed by atoms with Crippen LogP contribution in [0, 0.1) is 12.8 Å². The van der Waals surface area contributed by atoms with Gasteiger partial charge < -0.3 is 15.4 Å². The van der Waals surface area contributed by atoms with E-state index in [1.165, 1.54) is 6.08 Å². The van der Waals surface area contributed by atoms with Gasteiger partial charge in [0.05, 0.1) is 18.0 Å². The Bertz CT molecular complexity index is 1540. The summed E-state index contributed by atoms with van der Waals surface area (Å²) in [5.41, 5.74) is 7.73. The molecule has 2 N–H and O–H groups in total. The summed E-state index contributed by atoms with van der Waals surface area (Å²) < 4.78 is 0. The fraction of sp³-hybridized carbons (Fsp3) is 0.242. The maximum Gasteiger partial charge on any atom is 0.354 e. The normalized spacial score (nSPS) is 18.3. The summed E-state index contributed by atoms with van der Waals surface area (Å²) in [6, 6.07) is 25.6. The van der Waals surface area contributed by atoms with Crippen molar-refractivity contribution >= 4 is 48.2 Å². The number of benzene rings is 3. The van der Waals surface area contributed by atoms with Gasteiger partial charge in [-0.25, -0.2) is 9.59 Å². The number of rotatable bonds is 10. The van der Waals surface area contributed by atoms with Crippen LogP contribution < -0.4 is 16.3 Å². The highest BCUT2D eigenvalue weighted by Gasteiger charge is 2.43. The maximum absolute atomic E-state index is 13.0. The van der Waals surface area contributed by atoms with Crippen LogP contribution in [0.1, 0.15) is 42.9 Å². The summed E-state index contributed by atoms with van der Waals surface area (Å²) in [5.74, 6) is -4.46. The number of allylic oxidation sites excluding steroid dienone is 1. The maximum atomic E-state index is 13.0. The molecule has 0 saturated carbocycles. The van der Waals surface area contributed by atoms with Crippen LogP contribution in [-0.2, 0) is 33.6 Å². The van der Waals surface area contributed by atoms with Crippen molar-refractivity contribution in [3.63, 3.8) is 0 Å². The smallest absolute Gasteiger partial charge is 0.333 e. The van der Waals surface area contributed by atoms with E-state index in [1.807, 2.05) is 67.6 Å². The predicted molar refractivity (Wildman–Crippen MR) is 163 cm³/mol. The molecule has 0 bridgehead atoms. The van der Waals surface area contributed by atoms with Crippen LogP contribution in [-0.4, -0.2) is 45.9 Å². The third-order valence-electron chi connectivity index (χ3n) is 7.35. The minimum Gasteiger partial charge on any atom is -0.333 e. The largest absolute Gasteiger partial charge is 0.354 e. The number of carbonyl (C=O) groups excluding carboxylic acids is 5. The molecule has 0 aliphatic carbocycles. The minimum atomic E-state index is -1.19. The Morgan fingerprint density at radius 1 is 0.864 bits per heavy atom. The average molecular weight is 614 g/mol. The predicted octanol–water partition coefficient (Wildman–Crippen LogP) is 3.32. The van der Waals surface area contributed by atoms with Crippen molar-refractivity contribution in [3.05, 3.63) is 108 Å². The van der Waals surface area contributed by atoms with Gasteiger partial charge in [0.2, 0.25) is 0 Å². The summed E-state index contributed by atoms with van der Waals surface area (Å²) in [7, 11) is -0.836. The van der Waals surface area contributed by atoms with Crippen LogP contribution in [0.25, 0.3) is 0 Å². The Balaban J connectivity index is 1.22. The van der Waals surface area contributed by atoms with Crippen molar-refractivity contribution in [2.24, 2.45) is 11.7 Å². The monoisotopic (exact) mass is 613 g/mol. The SMILES string of the molecule is Cc1ccc(C(N)C(=O)ON2C(=O)CC(/C=C3/CCC(=O)N3OC(=O)CCP(c3ccccc3)c3ccccc3)C2=O)cc1. The van der Waals surface area contributed by atoms with E-state index in [4.69, 9.17) is 15.4 Å². The number of hydrogen-bond donors (Lipinski definition) is 1. The van der Waals surface area contributed by atoms with Crippen molar-refractivity contribution < 1.29 is 33.6 Å². The highest BCUT2D eigenvalue weighted by molar-refractivity contribution is 7.73. The Kier molecular flexibility index (Phi) is 9.62. The van der Waals surface area contributed by atoms with Gasteiger partial charge >= 0.3 is 11.9 Å². The van der Waals surface area contributed by atoms with Crippen molar-refractivity contribution in [2.75, 3.05) is 6.16 Å². The fourth-order valence-corrected chi connectivity index (χ4v) is 7.26. The molecule has 226 valence electrons. The molecule has 0 radical (unpaired) electrons. The zero-order valence-electron chi connectivity index (χ0n) is 24.1. The molecule has 0 spiro atoms. The van der Waals surface area contributed by atoms with Crippen LogP contribution in [0.4, 0.5) is 0 Å². The van der Waals surface area contributed by atoms with E-state index in [0.29, 0.717) is 22.5 Å². The first-order chi connectivity index (χ1) is 21.2. The molecule has 2 atom stereocenters. The van der Waals surface area contributed by atoms with Gasteiger partial charge in [-0.05, 0) is 49.7 Å². The Hall–Kier alpha value is -4.66. The summed E-state index contributed by atoms with van der Waals surface area (Å²) in [6.45, 7) is 1.89. The van der Waals surface area contributed by atoms with E-state index in [-0.39, 0.29) is 25.7 Å². The van der Waals surface area contributed by atoms with E-state index in [1.54, 1.807) is 24.3 Å². The average Bonchev–Trinajstić information content (AvgIpc) is 3.50. The van der Waals surface area contributed by atoms with Gasteiger partial charge in [0.1, 0.15) is 6.04 Å². The lowest BCUT2D eigenvalue weighted by Gasteiger charge is -2.20. The van der Waals surface area contributed by atoms with E-state index in [2.05, 4.69) is 0 Å². The lowest BCUT2D eigenvalue weighted by atomic mass is 10.1. The van der Waals surface area contributed by atoms with Gasteiger partial charge in [0.25, 0.3) is 17.7 Å². The third-order valence-corrected chi connectivity index (χ3v) is 9.87. The van der Waals surface area contributed by atoms with Gasteiger partial charge in [-0.1, -0.05) is 90.5 Å². The van der Waals surface area contributed by atoms with Crippen LogP contribution in [0.3, 0.4) is 0 Å². The van der Waals surface area contributed by atoms with Crippen molar-refractivity contribution in [2.45, 2.75) is 38.6 Å². The molecular formula is C33H32N3O7P. The molecule has 44 heavy (non-hydrogen) atoms. The number of nitrogens with two attached hydrogens (primary N) is 1. The lowest BCUT2D eigenvalue weighted by molar-refractivity contribution is -0.199. The lowest BCUT2D eigenvalue weighted by Crippen LogP contribution is -2.37. The summed E-state index contributed by atoms with van der Waals surface area (Å²) >= 11 is 0. The number of imide groups is 1. The molecule has 2 aliphatic heterocycles. The van der Waals surface area contributed by atoms with Gasteiger partial charge in [-0.15, -0.1) is 10.1 Å². The second kappa shape index (κ2) is 13.8. The Morgan fingerprint density at radius 3 is 2.09 bits per heavy atom. The van der Waals surface area contributed by atoms with Crippen molar-refractivity contribution in [1.82, 2.24) is 10.1 Å². The summed E-state index contributed by atoms with van der Waals surface area (Å²) in [6.07, 6.45) is 2.04. The van der Waals surface area contributed by atoms with Crippen LogP contribution >= 0.6 is 7.92 Å². The van der Waals surface area contributed by atoms with Crippen LogP contribution in [0.5, 0.6) is 0 Å². The Morgan fingerprint density at radius 2 is 1.48 bits per heavy atom. The van der Waals surface area contributed by atoms with Crippen LogP contribution in [0.15, 0.2) is 96.7 Å². The molecule has 2 fully saturated rings. The van der Waals surface area contributed by atoms with Crippen molar-refractivity contribution in [3.8, 4) is 0 Å². The second-order valence-corrected chi connectivity index (χ2v) is 12.9. The number of carbonyl (C=O) groups is 5. The van der Waals surface area contributed by atoms with E-state index < -0.39 is 49.5 Å². The molecule has 0 aromatic heterocycles. The van der Waals surface area contributed by atoms with Gasteiger partial charge in [0.15, 0.2) is 0 Å². The molecule has 2 unspecified atom stereocenters. The highest BCUT2D eigenvalue weighted by atomic mass is 31.1. The molecule has 2 heterocycles. The quantitative estimate of drug-likeness (QED) is 0.272. The number of hydroxylamine groups is 4. The fourth-order valence-electron chi connectivity index (χ4n) is 4.98. The first-order valence-electron chi connectivity index (χ1n) is 14.2. The molecular weight excluding hydrogens is 581 g/mol. The molecule has 2 saturated heterocycles. The standard InChI is InChI=1S/C33H32N3O7P/c1-22-12-14-23(15-13-22)31(34)33(41)43-36-29(38)21-24(32(36)40)20-25-16-17-28(37)35(25)42-30(39)18-19-44(26-8-4-2-5-9-26)27-10-6-3-7-11-27/h2-15,20,24,31H,16-19,21,34H2,1H3/b25-20-. The zero-order valence-corrected chi connectivity index (χ0v) is 25.0. The molecule has 11 heteroatoms. The number of amides is 3. The van der Waals surface area contributed by atoms with Crippen molar-refractivity contribution in [1.29, 1.82) is 0 Å². The van der Waals surface area contributed by atoms with E-state index >= 15 is 0 Å². The number of hydrogen-bond acceptors (Lipinski definition) is 8. The molecule has 3 aromatic rings. The van der Waals surface area contributed by atoms with Crippen LogP contribution in [0.2, 0.25) is 0 Å². The van der Waals surface area contributed by atoms with E-state index in [0.717, 1.165) is 21.2 Å². The molecule has 2 aliphatic rings. The van der Waals surface area contributed by atoms with Gasteiger partial charge in [-0.2, -0.15) is 0 Å². The zero-order chi connectivity index (χ0) is 31.2. The molecule has 3 aromatic carbocycles. The first-order valence-corrected chi connectivity index (χ1v) is 15.8. The molecule has 3 amide bonds. The van der Waals surface area contributed by atoms with E-state index in [9.17, 15) is 24.0 Å². The first kappa shape index (κ1) is 30.8. The number of nitrogens with zero attached hydrogens (tertiary/aromatic N) is 2. The second-order valence-electron chi connectivity index (χ2n) is 10.5. The summed E-state index contributed by atoms with van der Waals surface area (Å²) in [5, 5.41) is 3.57. The van der Waals surface area contributed by atoms with Gasteiger partial charge in [-0.3, -0.25) is 14.4 Å². The summed E-state index contributed by atoms with van der Waals surface area (Å²) in [4.78, 5) is 74.4. The minimum absolute atomic E-state index is 0.0678.